The number of carboxylic acids is 1. The Balaban J connectivity index is 2.63. The van der Waals surface area contributed by atoms with E-state index in [0.29, 0.717) is 11.1 Å². The molecule has 0 bridgehead atoms. The summed E-state index contributed by atoms with van der Waals surface area (Å²) in [7, 11) is -4.64. The molecule has 0 saturated carbocycles. The van der Waals surface area contributed by atoms with E-state index in [9.17, 15) is 28.0 Å². The van der Waals surface area contributed by atoms with Gasteiger partial charge in [-0.1, -0.05) is 25.1 Å². The van der Waals surface area contributed by atoms with Crippen LogP contribution in [-0.4, -0.2) is 34.3 Å². The highest BCUT2D eigenvalue weighted by Gasteiger charge is 2.31. The van der Waals surface area contributed by atoms with Gasteiger partial charge < -0.3 is 15.3 Å². The van der Waals surface area contributed by atoms with Gasteiger partial charge in [-0.05, 0) is 41.8 Å². The Hall–Kier alpha value is -2.58. The van der Waals surface area contributed by atoms with Crippen molar-refractivity contribution in [2.45, 2.75) is 30.1 Å². The number of hydrogen-bond acceptors (Lipinski definition) is 5. The van der Waals surface area contributed by atoms with Gasteiger partial charge in [-0.25, -0.2) is 0 Å². The highest BCUT2D eigenvalue weighted by Crippen LogP contribution is 2.39. The Morgan fingerprint density at radius 3 is 2.12 bits per heavy atom. The molecule has 1 unspecified atom stereocenters. The average Bonchev–Trinajstić information content (AvgIpc) is 2.52. The molecule has 0 spiro atoms. The van der Waals surface area contributed by atoms with Gasteiger partial charge in [-0.2, -0.15) is 8.42 Å². The van der Waals surface area contributed by atoms with Crippen LogP contribution in [-0.2, 0) is 20.3 Å². The molecule has 0 amide bonds. The Kier molecular flexibility index (Phi) is 5.05. The lowest BCUT2D eigenvalue weighted by atomic mass is 9.73. The van der Waals surface area contributed by atoms with Crippen LogP contribution in [0, 0.1) is 0 Å². The summed E-state index contributed by atoms with van der Waals surface area (Å²) in [5.41, 5.74) is 0.141. The summed E-state index contributed by atoms with van der Waals surface area (Å²) < 4.78 is 32.2. The van der Waals surface area contributed by atoms with Crippen LogP contribution in [0.15, 0.2) is 47.4 Å². The van der Waals surface area contributed by atoms with Gasteiger partial charge in [0.25, 0.3) is 10.1 Å². The predicted octanol–water partition coefficient (Wildman–Crippen LogP) is 2.52. The maximum atomic E-state index is 11.4. The van der Waals surface area contributed by atoms with Crippen molar-refractivity contribution in [1.82, 2.24) is 0 Å². The number of benzene rings is 2. The van der Waals surface area contributed by atoms with Gasteiger partial charge in [-0.3, -0.25) is 9.35 Å². The van der Waals surface area contributed by atoms with Crippen LogP contribution in [0.3, 0.4) is 0 Å². The van der Waals surface area contributed by atoms with Crippen molar-refractivity contribution in [1.29, 1.82) is 0 Å². The molecule has 0 radical (unpaired) electrons. The molecule has 0 saturated heterocycles. The minimum Gasteiger partial charge on any atom is -0.508 e. The molecular weight excluding hydrogens is 348 g/mol. The smallest absolute Gasteiger partial charge is 0.303 e. The molecule has 1 atom stereocenters. The predicted molar refractivity (Wildman–Crippen MR) is 89.4 cm³/mol. The highest BCUT2D eigenvalue weighted by molar-refractivity contribution is 7.86. The Labute approximate surface area is 144 Å². The normalized spacial score (nSPS) is 14.0. The molecule has 0 aromatic heterocycles. The molecule has 0 aliphatic rings. The number of phenols is 2. The number of phenolic OH excluding ortho intramolecular Hbond substituents is 2. The number of carbonyl (C=O) groups is 1. The van der Waals surface area contributed by atoms with Crippen LogP contribution in [0.5, 0.6) is 11.5 Å². The maximum Gasteiger partial charge on any atom is 0.303 e. The van der Waals surface area contributed by atoms with E-state index in [2.05, 4.69) is 0 Å². The summed E-state index contributed by atoms with van der Waals surface area (Å²) in [5, 5.41) is 28.2. The fourth-order valence-electron chi connectivity index (χ4n) is 2.71. The SMILES string of the molecule is CC(CCC(=O)O)(c1ccc(O)cc1)c1ccc(O)c(S(=O)(=O)O)c1. The van der Waals surface area contributed by atoms with Crippen LogP contribution in [0.1, 0.15) is 30.9 Å². The summed E-state index contributed by atoms with van der Waals surface area (Å²) in [6.07, 6.45) is -0.0394. The van der Waals surface area contributed by atoms with E-state index in [0.717, 1.165) is 12.1 Å². The number of aliphatic carboxylic acids is 1. The molecule has 2 aromatic carbocycles. The van der Waals surface area contributed by atoms with Crippen molar-refractivity contribution < 1.29 is 33.1 Å². The summed E-state index contributed by atoms with van der Waals surface area (Å²) in [6, 6.07) is 9.83. The molecule has 0 heterocycles. The molecule has 2 aromatic rings. The van der Waals surface area contributed by atoms with Gasteiger partial charge in [0.1, 0.15) is 16.4 Å². The molecule has 8 heteroatoms. The second-order valence-corrected chi connectivity index (χ2v) is 7.32. The summed E-state index contributed by atoms with van der Waals surface area (Å²) in [6.45, 7) is 1.72. The minimum atomic E-state index is -4.64. The quantitative estimate of drug-likeness (QED) is 0.577. The number of carboxylic acid groups (broad SMARTS) is 1. The standard InChI is InChI=1S/C17H18O7S/c1-17(9-8-16(20)21,11-2-5-13(18)6-3-11)12-4-7-14(19)15(10-12)25(22,23)24/h2-7,10,18-19H,8-9H2,1H3,(H,20,21)(H,22,23,24). The van der Waals surface area contributed by atoms with Crippen molar-refractivity contribution in [3.8, 4) is 11.5 Å². The summed E-state index contributed by atoms with van der Waals surface area (Å²) in [5.74, 6) is -1.58. The first-order valence-corrected chi connectivity index (χ1v) is 8.80. The fourth-order valence-corrected chi connectivity index (χ4v) is 3.31. The van der Waals surface area contributed by atoms with Gasteiger partial charge in [0.2, 0.25) is 0 Å². The number of aromatic hydroxyl groups is 2. The molecule has 7 nitrogen and oxygen atoms in total. The van der Waals surface area contributed by atoms with Gasteiger partial charge in [0.15, 0.2) is 0 Å². The minimum absolute atomic E-state index is 0.0358. The third-order valence-corrected chi connectivity index (χ3v) is 5.10. The molecule has 134 valence electrons. The monoisotopic (exact) mass is 366 g/mol. The molecule has 0 aliphatic heterocycles. The van der Waals surface area contributed by atoms with E-state index in [-0.39, 0.29) is 18.6 Å². The Bertz CT molecular complexity index is 888. The fraction of sp³-hybridized carbons (Fsp3) is 0.235. The first-order chi connectivity index (χ1) is 11.5. The Morgan fingerprint density at radius 2 is 1.60 bits per heavy atom. The van der Waals surface area contributed by atoms with Gasteiger partial charge in [0, 0.05) is 11.8 Å². The molecule has 25 heavy (non-hydrogen) atoms. The van der Waals surface area contributed by atoms with Crippen molar-refractivity contribution >= 4 is 16.1 Å². The number of hydrogen-bond donors (Lipinski definition) is 4. The van der Waals surface area contributed by atoms with Crippen LogP contribution in [0.2, 0.25) is 0 Å². The molecule has 0 aliphatic carbocycles. The van der Waals surface area contributed by atoms with E-state index < -0.39 is 32.1 Å². The lowest BCUT2D eigenvalue weighted by Gasteiger charge is -2.31. The van der Waals surface area contributed by atoms with E-state index in [4.69, 9.17) is 5.11 Å². The summed E-state index contributed by atoms with van der Waals surface area (Å²) >= 11 is 0. The molecule has 0 fully saturated rings. The van der Waals surface area contributed by atoms with E-state index in [1.54, 1.807) is 19.1 Å². The van der Waals surface area contributed by atoms with E-state index in [1.807, 2.05) is 0 Å². The second kappa shape index (κ2) is 6.73. The van der Waals surface area contributed by atoms with Gasteiger partial charge in [-0.15, -0.1) is 0 Å². The third-order valence-electron chi connectivity index (χ3n) is 4.22. The van der Waals surface area contributed by atoms with Crippen molar-refractivity contribution in [3.63, 3.8) is 0 Å². The molecule has 2 rings (SSSR count). The van der Waals surface area contributed by atoms with Crippen LogP contribution >= 0.6 is 0 Å². The number of rotatable bonds is 6. The van der Waals surface area contributed by atoms with E-state index in [1.165, 1.54) is 18.2 Å². The third kappa shape index (κ3) is 4.09. The van der Waals surface area contributed by atoms with E-state index >= 15 is 0 Å². The zero-order valence-corrected chi connectivity index (χ0v) is 14.2. The van der Waals surface area contributed by atoms with Crippen LogP contribution in [0.4, 0.5) is 0 Å². The van der Waals surface area contributed by atoms with Crippen LogP contribution < -0.4 is 0 Å². The van der Waals surface area contributed by atoms with Gasteiger partial charge >= 0.3 is 5.97 Å². The maximum absolute atomic E-state index is 11.4. The highest BCUT2D eigenvalue weighted by atomic mass is 32.2. The van der Waals surface area contributed by atoms with Crippen molar-refractivity contribution in [2.24, 2.45) is 0 Å². The second-order valence-electron chi connectivity index (χ2n) is 5.93. The first kappa shape index (κ1) is 18.8. The largest absolute Gasteiger partial charge is 0.508 e. The average molecular weight is 366 g/mol. The van der Waals surface area contributed by atoms with Crippen molar-refractivity contribution in [3.05, 3.63) is 53.6 Å². The van der Waals surface area contributed by atoms with Crippen molar-refractivity contribution in [2.75, 3.05) is 0 Å². The molecule has 4 N–H and O–H groups in total. The lowest BCUT2D eigenvalue weighted by molar-refractivity contribution is -0.137. The first-order valence-electron chi connectivity index (χ1n) is 7.36. The summed E-state index contributed by atoms with van der Waals surface area (Å²) in [4.78, 5) is 10.4. The van der Waals surface area contributed by atoms with Crippen LogP contribution in [0.25, 0.3) is 0 Å². The topological polar surface area (TPSA) is 132 Å². The Morgan fingerprint density at radius 1 is 1.04 bits per heavy atom. The zero-order valence-electron chi connectivity index (χ0n) is 13.4. The van der Waals surface area contributed by atoms with Gasteiger partial charge in [0.05, 0.1) is 0 Å². The molecular formula is C17H18O7S. The lowest BCUT2D eigenvalue weighted by Crippen LogP contribution is -2.25. The zero-order chi connectivity index (χ0) is 18.8.